The van der Waals surface area contributed by atoms with Crippen molar-refractivity contribution in [3.8, 4) is 17.1 Å². The van der Waals surface area contributed by atoms with Gasteiger partial charge < -0.3 is 14.4 Å². The molecule has 1 N–H and O–H groups in total. The minimum Gasteiger partial charge on any atom is -0.508 e. The number of phenolic OH excluding ortho intramolecular Hbond substituents is 1. The van der Waals surface area contributed by atoms with E-state index in [4.69, 9.17) is 9.72 Å². The molecule has 1 aliphatic rings. The topological polar surface area (TPSA) is 64.3 Å². The number of rotatable bonds is 5. The number of nitrogens with zero attached hydrogens (tertiary/aromatic N) is 2. The molecule has 1 unspecified atom stereocenters. The van der Waals surface area contributed by atoms with E-state index in [1.807, 2.05) is 41.0 Å². The number of para-hydroxylation sites is 2. The maximum atomic E-state index is 13.0. The molecule has 5 heteroatoms. The van der Waals surface area contributed by atoms with Gasteiger partial charge in [0, 0.05) is 5.56 Å². The van der Waals surface area contributed by atoms with Gasteiger partial charge in [-0.2, -0.15) is 0 Å². The number of aromatic hydroxyl groups is 1. The van der Waals surface area contributed by atoms with Crippen LogP contribution in [0.2, 0.25) is 0 Å². The van der Waals surface area contributed by atoms with Crippen LogP contribution in [0, 0.1) is 17.8 Å². The Labute approximate surface area is 177 Å². The van der Waals surface area contributed by atoms with E-state index in [1.54, 1.807) is 12.1 Å². The molecule has 3 aromatic rings. The second-order valence-corrected chi connectivity index (χ2v) is 8.91. The van der Waals surface area contributed by atoms with Gasteiger partial charge in [0.05, 0.1) is 11.0 Å². The summed E-state index contributed by atoms with van der Waals surface area (Å²) in [5, 5.41) is 9.63. The van der Waals surface area contributed by atoms with Crippen LogP contribution in [0.3, 0.4) is 0 Å². The van der Waals surface area contributed by atoms with E-state index in [2.05, 4.69) is 20.8 Å². The zero-order valence-corrected chi connectivity index (χ0v) is 17.9. The Morgan fingerprint density at radius 2 is 1.90 bits per heavy atom. The number of aromatic nitrogens is 2. The monoisotopic (exact) mass is 406 g/mol. The van der Waals surface area contributed by atoms with Crippen LogP contribution in [-0.2, 0) is 16.1 Å². The summed E-state index contributed by atoms with van der Waals surface area (Å²) in [5.41, 5.74) is 2.58. The Morgan fingerprint density at radius 3 is 2.63 bits per heavy atom. The number of phenols is 1. The second-order valence-electron chi connectivity index (χ2n) is 8.91. The summed E-state index contributed by atoms with van der Waals surface area (Å²) in [6.45, 7) is 6.79. The largest absolute Gasteiger partial charge is 0.508 e. The highest BCUT2D eigenvalue weighted by Gasteiger charge is 2.33. The molecule has 2 aromatic carbocycles. The van der Waals surface area contributed by atoms with Crippen molar-refractivity contribution in [2.75, 3.05) is 0 Å². The first kappa shape index (κ1) is 20.5. The van der Waals surface area contributed by atoms with Crippen molar-refractivity contribution in [1.29, 1.82) is 0 Å². The average Bonchev–Trinajstić information content (AvgIpc) is 3.07. The first-order valence-electron chi connectivity index (χ1n) is 10.9. The first-order valence-corrected chi connectivity index (χ1v) is 10.9. The number of hydrogen-bond acceptors (Lipinski definition) is 4. The van der Waals surface area contributed by atoms with Crippen molar-refractivity contribution in [2.45, 2.75) is 52.7 Å². The van der Waals surface area contributed by atoms with Crippen LogP contribution in [0.15, 0.2) is 48.5 Å². The fraction of sp³-hybridized carbons (Fsp3) is 0.440. The number of fused-ring (bicyclic) bond motifs is 1. The quantitative estimate of drug-likeness (QED) is 0.575. The third kappa shape index (κ3) is 4.20. The maximum Gasteiger partial charge on any atom is 0.326 e. The first-order chi connectivity index (χ1) is 14.4. The van der Waals surface area contributed by atoms with E-state index in [0.717, 1.165) is 29.4 Å². The van der Waals surface area contributed by atoms with E-state index in [-0.39, 0.29) is 24.4 Å². The van der Waals surface area contributed by atoms with Gasteiger partial charge in [-0.05, 0) is 67.0 Å². The molecule has 0 spiro atoms. The molecule has 0 bridgehead atoms. The number of esters is 1. The van der Waals surface area contributed by atoms with Crippen molar-refractivity contribution in [1.82, 2.24) is 9.55 Å². The van der Waals surface area contributed by atoms with Crippen LogP contribution in [0.25, 0.3) is 22.4 Å². The standard InChI is InChI=1S/C25H30N2O3/c1-16(2)20-13-8-17(3)14-23(20)30-24(29)15-27-22-7-5-4-6-21(22)26-25(27)18-9-11-19(28)12-10-18/h4-7,9-12,16-17,20,23,28H,8,13-15H2,1-3H3/t17-,20+,23?/m1/s1. The molecular formula is C25H30N2O3. The molecule has 30 heavy (non-hydrogen) atoms. The van der Waals surface area contributed by atoms with Crippen LogP contribution >= 0.6 is 0 Å². The lowest BCUT2D eigenvalue weighted by atomic mass is 9.75. The number of carbonyl (C=O) groups is 1. The maximum absolute atomic E-state index is 13.0. The molecule has 3 atom stereocenters. The van der Waals surface area contributed by atoms with Gasteiger partial charge in [0.15, 0.2) is 0 Å². The van der Waals surface area contributed by atoms with Crippen LogP contribution < -0.4 is 0 Å². The van der Waals surface area contributed by atoms with E-state index in [0.29, 0.717) is 23.6 Å². The van der Waals surface area contributed by atoms with Crippen molar-refractivity contribution >= 4 is 17.0 Å². The van der Waals surface area contributed by atoms with Gasteiger partial charge >= 0.3 is 5.97 Å². The number of hydrogen-bond donors (Lipinski definition) is 1. The summed E-state index contributed by atoms with van der Waals surface area (Å²) in [4.78, 5) is 17.8. The third-order valence-corrected chi connectivity index (χ3v) is 6.31. The van der Waals surface area contributed by atoms with Gasteiger partial charge in [0.1, 0.15) is 24.2 Å². The van der Waals surface area contributed by atoms with E-state index in [9.17, 15) is 9.90 Å². The number of imidazole rings is 1. The minimum absolute atomic E-state index is 0.0202. The summed E-state index contributed by atoms with van der Waals surface area (Å²) >= 11 is 0. The molecule has 1 saturated carbocycles. The number of ether oxygens (including phenoxy) is 1. The fourth-order valence-electron chi connectivity index (χ4n) is 4.65. The number of carbonyl (C=O) groups excluding carboxylic acids is 1. The Kier molecular flexibility index (Phi) is 5.80. The van der Waals surface area contributed by atoms with Crippen LogP contribution in [0.1, 0.15) is 40.0 Å². The Bertz CT molecular complexity index is 1020. The van der Waals surface area contributed by atoms with Crippen molar-refractivity contribution in [3.63, 3.8) is 0 Å². The van der Waals surface area contributed by atoms with Crippen molar-refractivity contribution in [2.24, 2.45) is 17.8 Å². The lowest BCUT2D eigenvalue weighted by molar-refractivity contribution is -0.156. The van der Waals surface area contributed by atoms with E-state index in [1.165, 1.54) is 6.42 Å². The molecule has 4 rings (SSSR count). The molecule has 1 aliphatic carbocycles. The fourth-order valence-corrected chi connectivity index (χ4v) is 4.65. The normalized spacial score (nSPS) is 21.8. The highest BCUT2D eigenvalue weighted by molar-refractivity contribution is 5.83. The molecule has 158 valence electrons. The molecule has 5 nitrogen and oxygen atoms in total. The van der Waals surface area contributed by atoms with E-state index >= 15 is 0 Å². The van der Waals surface area contributed by atoms with Gasteiger partial charge in [-0.25, -0.2) is 4.98 Å². The SMILES string of the molecule is CC(C)[C@@H]1CC[C@@H](C)CC1OC(=O)Cn1c(-c2ccc(O)cc2)nc2ccccc21. The Hall–Kier alpha value is -2.82. The molecular weight excluding hydrogens is 376 g/mol. The molecule has 1 aromatic heterocycles. The smallest absolute Gasteiger partial charge is 0.326 e. The zero-order valence-electron chi connectivity index (χ0n) is 17.9. The highest BCUT2D eigenvalue weighted by atomic mass is 16.5. The van der Waals surface area contributed by atoms with Gasteiger partial charge in [-0.3, -0.25) is 4.79 Å². The van der Waals surface area contributed by atoms with Crippen LogP contribution in [0.5, 0.6) is 5.75 Å². The molecule has 0 saturated heterocycles. The zero-order chi connectivity index (χ0) is 21.3. The van der Waals surface area contributed by atoms with E-state index < -0.39 is 0 Å². The van der Waals surface area contributed by atoms with Gasteiger partial charge in [0.25, 0.3) is 0 Å². The summed E-state index contributed by atoms with van der Waals surface area (Å²) < 4.78 is 7.96. The molecule has 0 amide bonds. The third-order valence-electron chi connectivity index (χ3n) is 6.31. The molecule has 1 fully saturated rings. The summed E-state index contributed by atoms with van der Waals surface area (Å²) in [7, 11) is 0. The summed E-state index contributed by atoms with van der Waals surface area (Å²) in [6, 6.07) is 14.7. The van der Waals surface area contributed by atoms with Gasteiger partial charge in [-0.15, -0.1) is 0 Å². The molecule has 0 aliphatic heterocycles. The highest BCUT2D eigenvalue weighted by Crippen LogP contribution is 2.35. The number of benzene rings is 2. The average molecular weight is 407 g/mol. The van der Waals surface area contributed by atoms with Crippen LogP contribution in [-0.4, -0.2) is 26.7 Å². The van der Waals surface area contributed by atoms with Crippen molar-refractivity contribution in [3.05, 3.63) is 48.5 Å². The lowest BCUT2D eigenvalue weighted by Gasteiger charge is -2.36. The second kappa shape index (κ2) is 8.50. The Morgan fingerprint density at radius 1 is 1.17 bits per heavy atom. The predicted octanol–water partition coefficient (Wildman–Crippen LogP) is 5.41. The van der Waals surface area contributed by atoms with Gasteiger partial charge in [0.2, 0.25) is 0 Å². The predicted molar refractivity (Wildman–Crippen MR) is 118 cm³/mol. The Balaban J connectivity index is 1.62. The lowest BCUT2D eigenvalue weighted by Crippen LogP contribution is -2.36. The molecule has 1 heterocycles. The van der Waals surface area contributed by atoms with Crippen molar-refractivity contribution < 1.29 is 14.6 Å². The van der Waals surface area contributed by atoms with Gasteiger partial charge in [-0.1, -0.05) is 39.3 Å². The molecule has 0 radical (unpaired) electrons. The van der Waals surface area contributed by atoms with Crippen LogP contribution in [0.4, 0.5) is 0 Å². The minimum atomic E-state index is -0.220. The summed E-state index contributed by atoms with van der Waals surface area (Å²) in [6.07, 6.45) is 3.23. The summed E-state index contributed by atoms with van der Waals surface area (Å²) in [5.74, 6) is 2.18.